The second kappa shape index (κ2) is 6.30. The van der Waals surface area contributed by atoms with Crippen LogP contribution >= 0.6 is 15.9 Å². The van der Waals surface area contributed by atoms with Crippen LogP contribution in [0.5, 0.6) is 0 Å². The average molecular weight is 369 g/mol. The Morgan fingerprint density at radius 1 is 1.32 bits per heavy atom. The number of rotatable bonds is 4. The van der Waals surface area contributed by atoms with E-state index in [9.17, 15) is 9.59 Å². The number of carbonyl (C=O) groups excluding carboxylic acids is 2. The minimum atomic E-state index is -0.525. The molecule has 2 heterocycles. The van der Waals surface area contributed by atoms with E-state index < -0.39 is 6.04 Å². The number of hydrogen-bond donors (Lipinski definition) is 2. The quantitative estimate of drug-likeness (QED) is 0.848. The molecule has 1 unspecified atom stereocenters. The van der Waals surface area contributed by atoms with Crippen LogP contribution in [0.25, 0.3) is 0 Å². The van der Waals surface area contributed by atoms with Crippen molar-refractivity contribution in [2.24, 2.45) is 7.05 Å². The molecule has 2 aromatic rings. The topological polar surface area (TPSA) is 93.8 Å². The van der Waals surface area contributed by atoms with Crippen molar-refractivity contribution in [3.63, 3.8) is 0 Å². The molecule has 0 aromatic carbocycles. The highest BCUT2D eigenvalue weighted by Gasteiger charge is 2.21. The summed E-state index contributed by atoms with van der Waals surface area (Å²) in [6.45, 7) is 3.57. The van der Waals surface area contributed by atoms with E-state index in [1.54, 1.807) is 31.0 Å². The zero-order chi connectivity index (χ0) is 16.4. The van der Waals surface area contributed by atoms with Gasteiger partial charge in [0, 0.05) is 26.5 Å². The summed E-state index contributed by atoms with van der Waals surface area (Å²) >= 11 is 3.36. The number of halogens is 1. The van der Waals surface area contributed by atoms with Crippen LogP contribution in [-0.4, -0.2) is 38.4 Å². The number of aryl methyl sites for hydroxylation is 2. The van der Waals surface area contributed by atoms with Crippen LogP contribution in [-0.2, 0) is 11.8 Å². The molecular formula is C13H17BrN6O2. The molecule has 2 aromatic heterocycles. The molecule has 118 valence electrons. The Balaban J connectivity index is 2.20. The molecule has 22 heavy (non-hydrogen) atoms. The first-order chi connectivity index (χ1) is 10.3. The highest BCUT2D eigenvalue weighted by Crippen LogP contribution is 2.19. The van der Waals surface area contributed by atoms with Gasteiger partial charge in [0.15, 0.2) is 5.69 Å². The third kappa shape index (κ3) is 3.19. The predicted octanol–water partition coefficient (Wildman–Crippen LogP) is 1.25. The van der Waals surface area contributed by atoms with E-state index in [-0.39, 0.29) is 17.5 Å². The van der Waals surface area contributed by atoms with Gasteiger partial charge < -0.3 is 10.6 Å². The van der Waals surface area contributed by atoms with Crippen LogP contribution < -0.4 is 10.6 Å². The lowest BCUT2D eigenvalue weighted by atomic mass is 10.3. The summed E-state index contributed by atoms with van der Waals surface area (Å²) in [4.78, 5) is 24.1. The van der Waals surface area contributed by atoms with Gasteiger partial charge in [-0.1, -0.05) is 0 Å². The molecule has 0 saturated carbocycles. The van der Waals surface area contributed by atoms with Crippen LogP contribution in [0, 0.1) is 6.92 Å². The Morgan fingerprint density at radius 3 is 2.55 bits per heavy atom. The molecule has 0 radical (unpaired) electrons. The van der Waals surface area contributed by atoms with Gasteiger partial charge >= 0.3 is 0 Å². The first-order valence-electron chi connectivity index (χ1n) is 6.61. The van der Waals surface area contributed by atoms with Gasteiger partial charge in [0.25, 0.3) is 5.91 Å². The predicted molar refractivity (Wildman–Crippen MR) is 84.6 cm³/mol. The minimum absolute atomic E-state index is 0.170. The first kappa shape index (κ1) is 16.2. The van der Waals surface area contributed by atoms with Gasteiger partial charge in [-0.25, -0.2) is 0 Å². The van der Waals surface area contributed by atoms with Crippen LogP contribution in [0.4, 0.5) is 5.69 Å². The van der Waals surface area contributed by atoms with E-state index in [1.807, 2.05) is 6.92 Å². The summed E-state index contributed by atoms with van der Waals surface area (Å²) in [6, 6.07) is -0.525. The molecule has 9 heteroatoms. The first-order valence-corrected chi connectivity index (χ1v) is 7.40. The van der Waals surface area contributed by atoms with E-state index in [1.165, 1.54) is 11.7 Å². The zero-order valence-electron chi connectivity index (χ0n) is 12.7. The Labute approximate surface area is 136 Å². The highest BCUT2D eigenvalue weighted by molar-refractivity contribution is 9.10. The molecule has 0 saturated heterocycles. The van der Waals surface area contributed by atoms with Crippen LogP contribution in [0.2, 0.25) is 0 Å². The Hall–Kier alpha value is -2.16. The van der Waals surface area contributed by atoms with Crippen molar-refractivity contribution >= 4 is 33.4 Å². The molecule has 8 nitrogen and oxygen atoms in total. The summed E-state index contributed by atoms with van der Waals surface area (Å²) in [5.41, 5.74) is 1.33. The number of amides is 2. The molecule has 0 aliphatic rings. The van der Waals surface area contributed by atoms with Gasteiger partial charge in [0.2, 0.25) is 5.91 Å². The van der Waals surface area contributed by atoms with Gasteiger partial charge in [-0.3, -0.25) is 19.0 Å². The van der Waals surface area contributed by atoms with Crippen molar-refractivity contribution < 1.29 is 9.59 Å². The van der Waals surface area contributed by atoms with E-state index in [2.05, 4.69) is 36.8 Å². The van der Waals surface area contributed by atoms with Gasteiger partial charge in [-0.05, 0) is 29.8 Å². The van der Waals surface area contributed by atoms with Gasteiger partial charge in [-0.2, -0.15) is 10.2 Å². The number of aromatic nitrogens is 4. The van der Waals surface area contributed by atoms with E-state index in [0.29, 0.717) is 5.69 Å². The normalized spacial score (nSPS) is 12.0. The molecule has 1 atom stereocenters. The number of nitrogens with zero attached hydrogens (tertiary/aromatic N) is 4. The maximum atomic E-state index is 12.3. The molecule has 0 aliphatic heterocycles. The van der Waals surface area contributed by atoms with Crippen LogP contribution in [0.15, 0.2) is 16.9 Å². The summed E-state index contributed by atoms with van der Waals surface area (Å²) in [5.74, 6) is -0.644. The monoisotopic (exact) mass is 368 g/mol. The van der Waals surface area contributed by atoms with Crippen molar-refractivity contribution in [3.8, 4) is 0 Å². The van der Waals surface area contributed by atoms with Crippen molar-refractivity contribution in [3.05, 3.63) is 28.3 Å². The van der Waals surface area contributed by atoms with Gasteiger partial charge in [0.05, 0.1) is 15.9 Å². The van der Waals surface area contributed by atoms with E-state index >= 15 is 0 Å². The second-order valence-corrected chi connectivity index (χ2v) is 5.71. The summed E-state index contributed by atoms with van der Waals surface area (Å²) < 4.78 is 3.86. The van der Waals surface area contributed by atoms with E-state index in [4.69, 9.17) is 0 Å². The average Bonchev–Trinajstić information content (AvgIpc) is 3.00. The lowest BCUT2D eigenvalue weighted by molar-refractivity contribution is -0.119. The Bertz CT molecular complexity index is 701. The summed E-state index contributed by atoms with van der Waals surface area (Å²) in [7, 11) is 3.19. The smallest absolute Gasteiger partial charge is 0.273 e. The van der Waals surface area contributed by atoms with Crippen molar-refractivity contribution in [1.82, 2.24) is 24.9 Å². The maximum absolute atomic E-state index is 12.3. The number of hydrogen-bond acceptors (Lipinski definition) is 4. The fourth-order valence-corrected chi connectivity index (χ4v) is 2.17. The standard InChI is InChI=1S/C13H17BrN6O2/c1-7-9(14)5-20(17-7)8(2)12(21)16-10-6-19(4)18-11(10)13(22)15-3/h5-6,8H,1-4H3,(H,15,22)(H,16,21). The van der Waals surface area contributed by atoms with Gasteiger partial charge in [-0.15, -0.1) is 0 Å². The van der Waals surface area contributed by atoms with Crippen molar-refractivity contribution in [2.75, 3.05) is 12.4 Å². The molecule has 0 fully saturated rings. The number of anilines is 1. The van der Waals surface area contributed by atoms with Crippen LogP contribution in [0.3, 0.4) is 0 Å². The largest absolute Gasteiger partial charge is 0.354 e. The molecule has 0 aliphatic carbocycles. The Kier molecular flexibility index (Phi) is 4.65. The Morgan fingerprint density at radius 2 is 2.00 bits per heavy atom. The van der Waals surface area contributed by atoms with Crippen LogP contribution in [0.1, 0.15) is 29.1 Å². The lowest BCUT2D eigenvalue weighted by Crippen LogP contribution is -2.26. The molecule has 0 spiro atoms. The zero-order valence-corrected chi connectivity index (χ0v) is 14.3. The number of nitrogens with one attached hydrogen (secondary N) is 2. The molecule has 2 N–H and O–H groups in total. The molecule has 2 amide bonds. The number of carbonyl (C=O) groups is 2. The minimum Gasteiger partial charge on any atom is -0.354 e. The third-order valence-electron chi connectivity index (χ3n) is 3.16. The lowest BCUT2D eigenvalue weighted by Gasteiger charge is -2.12. The maximum Gasteiger partial charge on any atom is 0.273 e. The third-order valence-corrected chi connectivity index (χ3v) is 3.94. The SMILES string of the molecule is CNC(=O)c1nn(C)cc1NC(=O)C(C)n1cc(Br)c(C)n1. The van der Waals surface area contributed by atoms with E-state index in [0.717, 1.165) is 10.2 Å². The second-order valence-electron chi connectivity index (χ2n) is 4.85. The fraction of sp³-hybridized carbons (Fsp3) is 0.385. The molecular weight excluding hydrogens is 352 g/mol. The highest BCUT2D eigenvalue weighted by atomic mass is 79.9. The summed E-state index contributed by atoms with van der Waals surface area (Å²) in [6.07, 6.45) is 3.32. The van der Waals surface area contributed by atoms with Gasteiger partial charge in [0.1, 0.15) is 6.04 Å². The van der Waals surface area contributed by atoms with Crippen molar-refractivity contribution in [2.45, 2.75) is 19.9 Å². The fourth-order valence-electron chi connectivity index (χ4n) is 1.88. The molecule has 0 bridgehead atoms. The molecule has 2 rings (SSSR count). The van der Waals surface area contributed by atoms with Crippen molar-refractivity contribution in [1.29, 1.82) is 0 Å². The summed E-state index contributed by atoms with van der Waals surface area (Å²) in [5, 5.41) is 13.5.